The lowest BCUT2D eigenvalue weighted by Gasteiger charge is -2.14. The highest BCUT2D eigenvalue weighted by Crippen LogP contribution is 2.46. The largest absolute Gasteiger partial charge is 0.454 e. The third-order valence-electron chi connectivity index (χ3n) is 5.01. The molecule has 0 amide bonds. The number of nitriles is 1. The van der Waals surface area contributed by atoms with Crippen molar-refractivity contribution in [2.75, 3.05) is 18.6 Å². The first-order chi connectivity index (χ1) is 13.6. The zero-order valence-electron chi connectivity index (χ0n) is 15.4. The predicted octanol–water partition coefficient (Wildman–Crippen LogP) is 3.88. The summed E-state index contributed by atoms with van der Waals surface area (Å²) in [5.74, 6) is -1.04. The number of hydrogen-bond donors (Lipinski definition) is 0. The monoisotopic (exact) mass is 390 g/mol. The van der Waals surface area contributed by atoms with Crippen LogP contribution in [0.2, 0.25) is 0 Å². The van der Waals surface area contributed by atoms with Gasteiger partial charge in [0.15, 0.2) is 6.61 Å². The Bertz CT molecular complexity index is 1050. The number of Topliss-reactive ketones (excluding diaryl/α,β-unsaturated/α-hetero) is 1. The predicted molar refractivity (Wildman–Crippen MR) is 107 cm³/mol. The molecule has 0 spiro atoms. The minimum Gasteiger partial charge on any atom is -0.454 e. The number of ether oxygens (including phenoxy) is 1. The molecule has 28 heavy (non-hydrogen) atoms. The summed E-state index contributed by atoms with van der Waals surface area (Å²) in [5.41, 5.74) is 3.83. The fourth-order valence-electron chi connectivity index (χ4n) is 3.54. The van der Waals surface area contributed by atoms with Crippen LogP contribution in [0.15, 0.2) is 58.0 Å². The molecule has 2 aromatic carbocycles. The molecule has 0 saturated carbocycles. The fraction of sp³-hybridized carbons (Fsp3) is 0.227. The molecule has 5 nitrogen and oxygen atoms in total. The number of nitrogens with zero attached hydrogens (tertiary/aromatic N) is 2. The van der Waals surface area contributed by atoms with E-state index in [-0.39, 0.29) is 5.57 Å². The molecule has 1 aliphatic carbocycles. The van der Waals surface area contributed by atoms with E-state index < -0.39 is 18.4 Å². The Hall–Kier alpha value is -3.04. The normalized spacial score (nSPS) is 16.2. The number of thioether (sulfide) groups is 1. The molecule has 0 atom stereocenters. The van der Waals surface area contributed by atoms with Crippen molar-refractivity contribution < 1.29 is 14.3 Å². The van der Waals surface area contributed by atoms with E-state index in [1.54, 1.807) is 6.07 Å². The van der Waals surface area contributed by atoms with Crippen molar-refractivity contribution in [2.45, 2.75) is 24.2 Å². The van der Waals surface area contributed by atoms with Crippen molar-refractivity contribution in [1.29, 1.82) is 5.26 Å². The number of aryl methyl sites for hydroxylation is 2. The Balaban J connectivity index is 1.47. The van der Waals surface area contributed by atoms with Gasteiger partial charge in [-0.15, -0.1) is 0 Å². The lowest BCUT2D eigenvalue weighted by Crippen LogP contribution is -2.20. The summed E-state index contributed by atoms with van der Waals surface area (Å²) in [4.78, 5) is 27.7. The number of benzene rings is 2. The first-order valence-electron chi connectivity index (χ1n) is 9.05. The molecule has 0 N–H and O–H groups in total. The van der Waals surface area contributed by atoms with Crippen LogP contribution >= 0.6 is 11.8 Å². The van der Waals surface area contributed by atoms with E-state index in [4.69, 9.17) is 4.74 Å². The standard InChI is InChI=1S/C22H18N2O3S/c1-24-18-7-2-3-8-20(18)28-21(24)17(12-23)19(25)13-27-22(26)16-10-9-14-5-4-6-15(14)11-16/h2-3,7-11H,4-6,13H2,1H3/b21-17-. The Kier molecular flexibility index (Phi) is 4.93. The molecule has 4 rings (SSSR count). The smallest absolute Gasteiger partial charge is 0.338 e. The molecule has 0 aromatic heterocycles. The number of hydrogen-bond acceptors (Lipinski definition) is 6. The number of carbonyl (C=O) groups is 2. The van der Waals surface area contributed by atoms with Crippen LogP contribution in [0.4, 0.5) is 5.69 Å². The van der Waals surface area contributed by atoms with Gasteiger partial charge in [0, 0.05) is 11.9 Å². The van der Waals surface area contributed by atoms with Gasteiger partial charge in [0.2, 0.25) is 5.78 Å². The van der Waals surface area contributed by atoms with E-state index in [2.05, 4.69) is 0 Å². The SMILES string of the molecule is CN1/C(=C(\C#N)C(=O)COC(=O)c2ccc3c(c2)CCC3)Sc2ccccc21. The van der Waals surface area contributed by atoms with Crippen molar-refractivity contribution >= 4 is 29.2 Å². The summed E-state index contributed by atoms with van der Waals surface area (Å²) in [7, 11) is 1.81. The second kappa shape index (κ2) is 7.53. The molecule has 0 radical (unpaired) electrons. The van der Waals surface area contributed by atoms with E-state index in [1.165, 1.54) is 22.9 Å². The van der Waals surface area contributed by atoms with Crippen molar-refractivity contribution in [1.82, 2.24) is 0 Å². The van der Waals surface area contributed by atoms with Gasteiger partial charge in [0.05, 0.1) is 11.3 Å². The summed E-state index contributed by atoms with van der Waals surface area (Å²) in [6.07, 6.45) is 3.10. The van der Waals surface area contributed by atoms with Crippen LogP contribution in [0, 0.1) is 11.3 Å². The Labute approximate surface area is 167 Å². The number of esters is 1. The molecular formula is C22H18N2O3S. The lowest BCUT2D eigenvalue weighted by molar-refractivity contribution is -0.118. The van der Waals surface area contributed by atoms with Crippen LogP contribution in [0.1, 0.15) is 27.9 Å². The average molecular weight is 390 g/mol. The maximum Gasteiger partial charge on any atom is 0.338 e. The van der Waals surface area contributed by atoms with Gasteiger partial charge in [-0.3, -0.25) is 4.79 Å². The highest BCUT2D eigenvalue weighted by atomic mass is 32.2. The van der Waals surface area contributed by atoms with Crippen LogP contribution in [0.3, 0.4) is 0 Å². The number of ketones is 1. The first kappa shape index (κ1) is 18.3. The zero-order valence-corrected chi connectivity index (χ0v) is 16.2. The third kappa shape index (κ3) is 3.30. The van der Waals surface area contributed by atoms with Gasteiger partial charge in [-0.1, -0.05) is 30.0 Å². The van der Waals surface area contributed by atoms with Gasteiger partial charge in [0.1, 0.15) is 16.7 Å². The third-order valence-corrected chi connectivity index (χ3v) is 6.25. The number of para-hydroxylation sites is 1. The lowest BCUT2D eigenvalue weighted by atomic mass is 10.1. The molecule has 0 unspecified atom stereocenters. The summed E-state index contributed by atoms with van der Waals surface area (Å²) >= 11 is 1.37. The van der Waals surface area contributed by atoms with Crippen molar-refractivity contribution in [3.05, 3.63) is 69.8 Å². The topological polar surface area (TPSA) is 70.4 Å². The molecule has 1 heterocycles. The molecule has 0 fully saturated rings. The second-order valence-electron chi connectivity index (χ2n) is 6.76. The second-order valence-corrected chi connectivity index (χ2v) is 7.79. The molecule has 6 heteroatoms. The Morgan fingerprint density at radius 1 is 1.18 bits per heavy atom. The van der Waals surface area contributed by atoms with Crippen molar-refractivity contribution in [3.8, 4) is 6.07 Å². The quantitative estimate of drug-likeness (QED) is 0.448. The van der Waals surface area contributed by atoms with E-state index in [0.29, 0.717) is 10.6 Å². The molecule has 0 saturated heterocycles. The van der Waals surface area contributed by atoms with Gasteiger partial charge < -0.3 is 9.64 Å². The van der Waals surface area contributed by atoms with Crippen LogP contribution in [0.25, 0.3) is 0 Å². The fourth-order valence-corrected chi connectivity index (χ4v) is 4.70. The molecule has 140 valence electrons. The number of rotatable bonds is 4. The van der Waals surface area contributed by atoms with E-state index in [9.17, 15) is 14.9 Å². The highest BCUT2D eigenvalue weighted by molar-refractivity contribution is 8.03. The molecular weight excluding hydrogens is 372 g/mol. The summed E-state index contributed by atoms with van der Waals surface area (Å²) in [5, 5.41) is 10.1. The maximum absolute atomic E-state index is 12.6. The van der Waals surface area contributed by atoms with E-state index in [1.807, 2.05) is 54.4 Å². The number of fused-ring (bicyclic) bond motifs is 2. The minimum atomic E-state index is -0.541. The summed E-state index contributed by atoms with van der Waals surface area (Å²) in [6, 6.07) is 15.2. The summed E-state index contributed by atoms with van der Waals surface area (Å²) < 4.78 is 5.20. The summed E-state index contributed by atoms with van der Waals surface area (Å²) in [6.45, 7) is -0.451. The molecule has 0 bridgehead atoms. The van der Waals surface area contributed by atoms with Crippen molar-refractivity contribution in [2.24, 2.45) is 0 Å². The zero-order chi connectivity index (χ0) is 19.7. The maximum atomic E-state index is 12.6. The number of carbonyl (C=O) groups excluding carboxylic acids is 2. The van der Waals surface area contributed by atoms with Gasteiger partial charge >= 0.3 is 5.97 Å². The van der Waals surface area contributed by atoms with Crippen molar-refractivity contribution in [3.63, 3.8) is 0 Å². The Morgan fingerprint density at radius 3 is 2.75 bits per heavy atom. The van der Waals surface area contributed by atoms with Crippen LogP contribution in [-0.2, 0) is 22.4 Å². The highest BCUT2D eigenvalue weighted by Gasteiger charge is 2.28. The van der Waals surface area contributed by atoms with Crippen LogP contribution in [-0.4, -0.2) is 25.4 Å². The van der Waals surface area contributed by atoms with Gasteiger partial charge in [0.25, 0.3) is 0 Å². The molecule has 1 aliphatic heterocycles. The Morgan fingerprint density at radius 2 is 1.96 bits per heavy atom. The molecule has 2 aromatic rings. The van der Waals surface area contributed by atoms with Crippen LogP contribution in [0.5, 0.6) is 0 Å². The van der Waals surface area contributed by atoms with Gasteiger partial charge in [-0.25, -0.2) is 4.79 Å². The van der Waals surface area contributed by atoms with E-state index >= 15 is 0 Å². The minimum absolute atomic E-state index is 0.00505. The van der Waals surface area contributed by atoms with Gasteiger partial charge in [-0.2, -0.15) is 5.26 Å². The van der Waals surface area contributed by atoms with E-state index in [0.717, 1.165) is 29.8 Å². The first-order valence-corrected chi connectivity index (χ1v) is 9.87. The number of anilines is 1. The van der Waals surface area contributed by atoms with Crippen LogP contribution < -0.4 is 4.90 Å². The average Bonchev–Trinajstić information content (AvgIpc) is 3.31. The van der Waals surface area contributed by atoms with Gasteiger partial charge in [-0.05, 0) is 54.7 Å². The molecule has 2 aliphatic rings.